The Morgan fingerprint density at radius 2 is 1.88 bits per heavy atom. The average Bonchev–Trinajstić information content (AvgIpc) is 3.04. The lowest BCUT2D eigenvalue weighted by Crippen LogP contribution is -2.32. The second-order valence-corrected chi connectivity index (χ2v) is 6.61. The molecule has 1 fully saturated rings. The molecule has 1 N–H and O–H groups in total. The Hall–Kier alpha value is -2.53. The fourth-order valence-corrected chi connectivity index (χ4v) is 3.08. The van der Waals surface area contributed by atoms with E-state index in [4.69, 9.17) is 16.3 Å². The molecule has 136 valence electrons. The van der Waals surface area contributed by atoms with E-state index in [-0.39, 0.29) is 24.2 Å². The number of amides is 2. The average molecular weight is 373 g/mol. The zero-order valence-corrected chi connectivity index (χ0v) is 15.3. The van der Waals surface area contributed by atoms with Crippen LogP contribution in [0, 0.1) is 5.92 Å². The van der Waals surface area contributed by atoms with Crippen molar-refractivity contribution in [3.63, 3.8) is 0 Å². The maximum Gasteiger partial charge on any atom is 0.227 e. The van der Waals surface area contributed by atoms with Crippen LogP contribution in [0.4, 0.5) is 5.69 Å². The molecule has 3 rings (SSSR count). The summed E-state index contributed by atoms with van der Waals surface area (Å²) in [6.07, 6.45) is 0.220. The standard InChI is InChI=1S/C20H21ClN2O3/c1-2-26-18-9-3-14(4-10-18)12-22-20(25)15-11-19(24)23(13-15)17-7-5-16(21)6-8-17/h3-10,15H,2,11-13H2,1H3,(H,22,25)/t15-/m1/s1. The number of hydrogen-bond donors (Lipinski definition) is 1. The van der Waals surface area contributed by atoms with Gasteiger partial charge in [0.05, 0.1) is 12.5 Å². The lowest BCUT2D eigenvalue weighted by molar-refractivity contribution is -0.126. The molecule has 26 heavy (non-hydrogen) atoms. The van der Waals surface area contributed by atoms with Crippen molar-refractivity contribution >= 4 is 29.1 Å². The van der Waals surface area contributed by atoms with Gasteiger partial charge in [0, 0.05) is 30.2 Å². The van der Waals surface area contributed by atoms with Gasteiger partial charge in [-0.3, -0.25) is 9.59 Å². The van der Waals surface area contributed by atoms with Crippen LogP contribution in [-0.4, -0.2) is 25.0 Å². The number of ether oxygens (including phenoxy) is 1. The third-order valence-electron chi connectivity index (χ3n) is 4.34. The molecule has 6 heteroatoms. The van der Waals surface area contributed by atoms with Gasteiger partial charge in [-0.2, -0.15) is 0 Å². The Labute approximate surface area is 157 Å². The second-order valence-electron chi connectivity index (χ2n) is 6.18. The number of rotatable bonds is 6. The van der Waals surface area contributed by atoms with Crippen LogP contribution in [0.1, 0.15) is 18.9 Å². The summed E-state index contributed by atoms with van der Waals surface area (Å²) in [7, 11) is 0. The number of nitrogens with one attached hydrogen (secondary N) is 1. The lowest BCUT2D eigenvalue weighted by atomic mass is 10.1. The molecule has 1 heterocycles. The van der Waals surface area contributed by atoms with E-state index < -0.39 is 0 Å². The zero-order valence-electron chi connectivity index (χ0n) is 14.6. The monoisotopic (exact) mass is 372 g/mol. The number of anilines is 1. The number of hydrogen-bond acceptors (Lipinski definition) is 3. The van der Waals surface area contributed by atoms with Crippen molar-refractivity contribution in [3.8, 4) is 5.75 Å². The van der Waals surface area contributed by atoms with Crippen molar-refractivity contribution in [1.29, 1.82) is 0 Å². The molecule has 0 aromatic heterocycles. The third kappa shape index (κ3) is 4.35. The van der Waals surface area contributed by atoms with E-state index in [1.807, 2.05) is 31.2 Å². The van der Waals surface area contributed by atoms with Crippen LogP contribution in [-0.2, 0) is 16.1 Å². The number of halogens is 1. The summed E-state index contributed by atoms with van der Waals surface area (Å²) in [6.45, 7) is 3.37. The molecule has 2 amide bonds. The quantitative estimate of drug-likeness (QED) is 0.845. The Morgan fingerprint density at radius 1 is 1.19 bits per heavy atom. The topological polar surface area (TPSA) is 58.6 Å². The van der Waals surface area contributed by atoms with Crippen LogP contribution in [0.25, 0.3) is 0 Å². The predicted octanol–water partition coefficient (Wildman–Crippen LogP) is 3.41. The van der Waals surface area contributed by atoms with Gasteiger partial charge in [-0.1, -0.05) is 23.7 Å². The maximum absolute atomic E-state index is 12.4. The highest BCUT2D eigenvalue weighted by atomic mass is 35.5. The highest BCUT2D eigenvalue weighted by molar-refractivity contribution is 6.30. The first-order chi connectivity index (χ1) is 12.6. The zero-order chi connectivity index (χ0) is 18.5. The predicted molar refractivity (Wildman–Crippen MR) is 101 cm³/mol. The molecule has 0 saturated carbocycles. The molecule has 0 spiro atoms. The van der Waals surface area contributed by atoms with E-state index in [0.717, 1.165) is 17.0 Å². The van der Waals surface area contributed by atoms with Crippen molar-refractivity contribution in [2.45, 2.75) is 19.9 Å². The Kier molecular flexibility index (Phi) is 5.78. The summed E-state index contributed by atoms with van der Waals surface area (Å²) in [5.74, 6) is 0.306. The summed E-state index contributed by atoms with van der Waals surface area (Å²) in [5, 5.41) is 3.53. The third-order valence-corrected chi connectivity index (χ3v) is 4.59. The first kappa shape index (κ1) is 18.3. The van der Waals surface area contributed by atoms with Gasteiger partial charge in [-0.05, 0) is 48.9 Å². The van der Waals surface area contributed by atoms with Crippen LogP contribution in [0.3, 0.4) is 0 Å². The van der Waals surface area contributed by atoms with Crippen molar-refractivity contribution in [3.05, 3.63) is 59.1 Å². The Balaban J connectivity index is 1.55. The van der Waals surface area contributed by atoms with Crippen LogP contribution in [0.15, 0.2) is 48.5 Å². The molecule has 1 saturated heterocycles. The minimum absolute atomic E-state index is 0.0476. The summed E-state index contributed by atoms with van der Waals surface area (Å²) < 4.78 is 5.40. The van der Waals surface area contributed by atoms with Gasteiger partial charge in [0.15, 0.2) is 0 Å². The van der Waals surface area contributed by atoms with E-state index in [0.29, 0.717) is 24.7 Å². The van der Waals surface area contributed by atoms with Crippen molar-refractivity contribution < 1.29 is 14.3 Å². The van der Waals surface area contributed by atoms with Gasteiger partial charge >= 0.3 is 0 Å². The van der Waals surface area contributed by atoms with Crippen molar-refractivity contribution in [2.75, 3.05) is 18.1 Å². The number of benzene rings is 2. The fraction of sp³-hybridized carbons (Fsp3) is 0.300. The van der Waals surface area contributed by atoms with Crippen LogP contribution in [0.5, 0.6) is 5.75 Å². The molecule has 5 nitrogen and oxygen atoms in total. The molecule has 0 aliphatic carbocycles. The molecule has 1 aliphatic rings. The lowest BCUT2D eigenvalue weighted by Gasteiger charge is -2.16. The number of carbonyl (C=O) groups excluding carboxylic acids is 2. The SMILES string of the molecule is CCOc1ccc(CNC(=O)[C@@H]2CC(=O)N(c3ccc(Cl)cc3)C2)cc1. The normalized spacial score (nSPS) is 16.6. The first-order valence-corrected chi connectivity index (χ1v) is 9.00. The van der Waals surface area contributed by atoms with Gasteiger partial charge < -0.3 is 15.0 Å². The van der Waals surface area contributed by atoms with Crippen molar-refractivity contribution in [2.24, 2.45) is 5.92 Å². The van der Waals surface area contributed by atoms with Crippen LogP contribution < -0.4 is 15.0 Å². The minimum atomic E-state index is -0.346. The molecular weight excluding hydrogens is 352 g/mol. The Bertz CT molecular complexity index is 775. The summed E-state index contributed by atoms with van der Waals surface area (Å²) in [4.78, 5) is 26.3. The maximum atomic E-state index is 12.4. The van der Waals surface area contributed by atoms with Gasteiger partial charge in [0.25, 0.3) is 0 Å². The van der Waals surface area contributed by atoms with E-state index in [2.05, 4.69) is 5.32 Å². The summed E-state index contributed by atoms with van der Waals surface area (Å²) in [5.41, 5.74) is 1.75. The molecule has 1 aliphatic heterocycles. The van der Waals surface area contributed by atoms with Gasteiger partial charge in [-0.15, -0.1) is 0 Å². The van der Waals surface area contributed by atoms with Gasteiger partial charge in [-0.25, -0.2) is 0 Å². The van der Waals surface area contributed by atoms with Gasteiger partial charge in [0.2, 0.25) is 11.8 Å². The smallest absolute Gasteiger partial charge is 0.227 e. The summed E-state index contributed by atoms with van der Waals surface area (Å²) in [6, 6.07) is 14.7. The molecular formula is C20H21ClN2O3. The molecule has 0 radical (unpaired) electrons. The van der Waals surface area contributed by atoms with Crippen LogP contribution >= 0.6 is 11.6 Å². The first-order valence-electron chi connectivity index (χ1n) is 8.62. The van der Waals surface area contributed by atoms with E-state index in [9.17, 15) is 9.59 Å². The second kappa shape index (κ2) is 8.23. The highest BCUT2D eigenvalue weighted by Crippen LogP contribution is 2.26. The molecule has 2 aromatic rings. The molecule has 1 atom stereocenters. The molecule has 0 unspecified atom stereocenters. The summed E-state index contributed by atoms with van der Waals surface area (Å²) >= 11 is 5.89. The number of nitrogens with zero attached hydrogens (tertiary/aromatic N) is 1. The number of carbonyl (C=O) groups is 2. The Morgan fingerprint density at radius 3 is 2.54 bits per heavy atom. The minimum Gasteiger partial charge on any atom is -0.494 e. The van der Waals surface area contributed by atoms with Crippen molar-refractivity contribution in [1.82, 2.24) is 5.32 Å². The largest absolute Gasteiger partial charge is 0.494 e. The van der Waals surface area contributed by atoms with E-state index >= 15 is 0 Å². The molecule has 2 aromatic carbocycles. The van der Waals surface area contributed by atoms with Crippen LogP contribution in [0.2, 0.25) is 5.02 Å². The highest BCUT2D eigenvalue weighted by Gasteiger charge is 2.34. The molecule has 0 bridgehead atoms. The fourth-order valence-electron chi connectivity index (χ4n) is 2.96. The van der Waals surface area contributed by atoms with E-state index in [1.54, 1.807) is 29.2 Å². The van der Waals surface area contributed by atoms with Gasteiger partial charge in [0.1, 0.15) is 5.75 Å². The van der Waals surface area contributed by atoms with E-state index in [1.165, 1.54) is 0 Å².